The summed E-state index contributed by atoms with van der Waals surface area (Å²) >= 11 is 0. The number of carbonyl (C=O) groups excluding carboxylic acids is 1. The highest BCUT2D eigenvalue weighted by molar-refractivity contribution is 7.89. The van der Waals surface area contributed by atoms with Crippen molar-refractivity contribution in [3.05, 3.63) is 65.7 Å². The molecule has 2 atom stereocenters. The van der Waals surface area contributed by atoms with E-state index in [1.54, 1.807) is 29.2 Å². The van der Waals surface area contributed by atoms with E-state index in [1.807, 2.05) is 58.0 Å². The van der Waals surface area contributed by atoms with Crippen LogP contribution in [0.4, 0.5) is 4.79 Å². The summed E-state index contributed by atoms with van der Waals surface area (Å²) in [6, 6.07) is 15.8. The van der Waals surface area contributed by atoms with Gasteiger partial charge in [0.25, 0.3) is 0 Å². The molecule has 30 heavy (non-hydrogen) atoms. The molecular formula is C23H30N2O4S. The van der Waals surface area contributed by atoms with Crippen LogP contribution in [-0.2, 0) is 21.4 Å². The molecule has 3 rings (SSSR count). The van der Waals surface area contributed by atoms with Gasteiger partial charge in [0.05, 0.1) is 10.9 Å². The van der Waals surface area contributed by atoms with Crippen LogP contribution in [0.2, 0.25) is 0 Å². The Kier molecular flexibility index (Phi) is 6.83. The minimum atomic E-state index is -3.63. The number of piperazine rings is 1. The quantitative estimate of drug-likeness (QED) is 0.718. The van der Waals surface area contributed by atoms with Gasteiger partial charge >= 0.3 is 6.09 Å². The lowest BCUT2D eigenvalue weighted by Gasteiger charge is -2.45. The Bertz CT molecular complexity index is 958. The molecule has 1 aliphatic rings. The lowest BCUT2D eigenvalue weighted by molar-refractivity contribution is 0.0218. The van der Waals surface area contributed by atoms with E-state index >= 15 is 0 Å². The monoisotopic (exact) mass is 430 g/mol. The van der Waals surface area contributed by atoms with Crippen LogP contribution in [0.5, 0.6) is 0 Å². The summed E-state index contributed by atoms with van der Waals surface area (Å²) in [6.45, 7) is 8.47. The van der Waals surface area contributed by atoms with E-state index in [9.17, 15) is 13.2 Å². The fraction of sp³-hybridized carbons (Fsp3) is 0.435. The second kappa shape index (κ2) is 9.18. The van der Waals surface area contributed by atoms with Gasteiger partial charge in [-0.2, -0.15) is 4.31 Å². The fourth-order valence-electron chi connectivity index (χ4n) is 3.78. The predicted molar refractivity (Wildman–Crippen MR) is 116 cm³/mol. The normalized spacial score (nSPS) is 20.4. The van der Waals surface area contributed by atoms with Gasteiger partial charge in [0.1, 0.15) is 6.61 Å². The number of benzene rings is 2. The van der Waals surface area contributed by atoms with Crippen molar-refractivity contribution in [2.24, 2.45) is 5.92 Å². The highest BCUT2D eigenvalue weighted by atomic mass is 32.2. The van der Waals surface area contributed by atoms with E-state index in [4.69, 9.17) is 4.74 Å². The van der Waals surface area contributed by atoms with Crippen LogP contribution in [0.1, 0.15) is 31.9 Å². The van der Waals surface area contributed by atoms with Crippen LogP contribution in [0, 0.1) is 12.8 Å². The molecule has 0 N–H and O–H groups in total. The fourth-order valence-corrected chi connectivity index (χ4v) is 5.32. The van der Waals surface area contributed by atoms with E-state index in [-0.39, 0.29) is 42.6 Å². The number of hydrogen-bond donors (Lipinski definition) is 0. The lowest BCUT2D eigenvalue weighted by Crippen LogP contribution is -2.62. The van der Waals surface area contributed by atoms with Crippen molar-refractivity contribution in [3.63, 3.8) is 0 Å². The predicted octanol–water partition coefficient (Wildman–Crippen LogP) is 4.05. The maximum atomic E-state index is 13.2. The molecule has 0 aromatic heterocycles. The zero-order valence-corrected chi connectivity index (χ0v) is 18.8. The van der Waals surface area contributed by atoms with E-state index in [0.29, 0.717) is 0 Å². The molecule has 0 saturated carbocycles. The van der Waals surface area contributed by atoms with E-state index in [1.165, 1.54) is 4.31 Å². The van der Waals surface area contributed by atoms with Crippen LogP contribution < -0.4 is 0 Å². The number of carbonyl (C=O) groups is 1. The van der Waals surface area contributed by atoms with Crippen LogP contribution in [0.15, 0.2) is 59.5 Å². The molecule has 0 bridgehead atoms. The largest absolute Gasteiger partial charge is 0.445 e. The average Bonchev–Trinajstić information content (AvgIpc) is 2.72. The molecule has 0 aliphatic carbocycles. The molecule has 2 aromatic carbocycles. The minimum Gasteiger partial charge on any atom is -0.445 e. The van der Waals surface area contributed by atoms with Crippen molar-refractivity contribution in [3.8, 4) is 0 Å². The van der Waals surface area contributed by atoms with Gasteiger partial charge < -0.3 is 4.74 Å². The van der Waals surface area contributed by atoms with Crippen LogP contribution in [-0.4, -0.2) is 48.9 Å². The van der Waals surface area contributed by atoms with E-state index in [2.05, 4.69) is 0 Å². The Labute approximate surface area is 179 Å². The number of rotatable bonds is 5. The average molecular weight is 431 g/mol. The highest BCUT2D eigenvalue weighted by Crippen LogP contribution is 2.27. The van der Waals surface area contributed by atoms with Gasteiger partial charge in [0.2, 0.25) is 10.0 Å². The van der Waals surface area contributed by atoms with Gasteiger partial charge in [-0.3, -0.25) is 4.90 Å². The molecule has 1 amide bonds. The minimum absolute atomic E-state index is 0.0766. The summed E-state index contributed by atoms with van der Waals surface area (Å²) in [6.07, 6.45) is -0.405. The number of amides is 1. The van der Waals surface area contributed by atoms with E-state index in [0.717, 1.165) is 11.1 Å². The lowest BCUT2D eigenvalue weighted by atomic mass is 9.98. The number of aryl methyl sites for hydroxylation is 1. The summed E-state index contributed by atoms with van der Waals surface area (Å²) in [5.74, 6) is 0.0766. The molecular weight excluding hydrogens is 400 g/mol. The molecule has 1 aliphatic heterocycles. The maximum absolute atomic E-state index is 13.2. The smallest absolute Gasteiger partial charge is 0.410 e. The Morgan fingerprint density at radius 1 is 1.07 bits per heavy atom. The van der Waals surface area contributed by atoms with E-state index < -0.39 is 16.1 Å². The Morgan fingerprint density at radius 3 is 2.30 bits per heavy atom. The molecule has 6 nitrogen and oxygen atoms in total. The summed E-state index contributed by atoms with van der Waals surface area (Å²) in [5.41, 5.74) is 1.92. The molecule has 162 valence electrons. The molecule has 7 heteroatoms. The number of nitrogens with zero attached hydrogens (tertiary/aromatic N) is 2. The number of sulfonamides is 1. The standard InChI is InChI=1S/C23H30N2O4S/c1-17(2)22-15-24(30(27,28)21-12-10-18(3)11-13-21)14-19(4)25(22)23(26)29-16-20-8-6-5-7-9-20/h5-13,17,19,22H,14-16H2,1-4H3/t19-,22+/m0/s1. The first-order valence-corrected chi connectivity index (χ1v) is 11.7. The zero-order valence-electron chi connectivity index (χ0n) is 18.0. The number of ether oxygens (including phenoxy) is 1. The molecule has 0 unspecified atom stereocenters. The molecule has 2 aromatic rings. The van der Waals surface area contributed by atoms with Crippen molar-refractivity contribution in [2.45, 2.75) is 51.3 Å². The van der Waals surface area contributed by atoms with Crippen molar-refractivity contribution < 1.29 is 17.9 Å². The van der Waals surface area contributed by atoms with Gasteiger partial charge in [-0.15, -0.1) is 0 Å². The first kappa shape index (κ1) is 22.3. The topological polar surface area (TPSA) is 66.9 Å². The Morgan fingerprint density at radius 2 is 1.70 bits per heavy atom. The third-order valence-electron chi connectivity index (χ3n) is 5.53. The molecule has 0 radical (unpaired) electrons. The SMILES string of the molecule is Cc1ccc(S(=O)(=O)N2C[C@H](C(C)C)N(C(=O)OCc3ccccc3)[C@@H](C)C2)cc1. The van der Waals surface area contributed by atoms with Crippen LogP contribution >= 0.6 is 0 Å². The second-order valence-electron chi connectivity index (χ2n) is 8.24. The van der Waals surface area contributed by atoms with Crippen LogP contribution in [0.3, 0.4) is 0 Å². The van der Waals surface area contributed by atoms with Gasteiger partial charge in [0, 0.05) is 19.1 Å². The summed E-state index contributed by atoms with van der Waals surface area (Å²) in [5, 5.41) is 0. The molecule has 1 saturated heterocycles. The molecule has 1 heterocycles. The Hall–Kier alpha value is -2.38. The maximum Gasteiger partial charge on any atom is 0.410 e. The summed E-state index contributed by atoms with van der Waals surface area (Å²) in [4.78, 5) is 14.9. The van der Waals surface area contributed by atoms with Crippen molar-refractivity contribution in [1.82, 2.24) is 9.21 Å². The van der Waals surface area contributed by atoms with Gasteiger partial charge in [-0.1, -0.05) is 61.9 Å². The van der Waals surface area contributed by atoms with Gasteiger partial charge in [0.15, 0.2) is 0 Å². The Balaban J connectivity index is 1.77. The summed E-state index contributed by atoms with van der Waals surface area (Å²) < 4.78 is 33.4. The first-order chi connectivity index (χ1) is 14.2. The van der Waals surface area contributed by atoms with Crippen molar-refractivity contribution in [2.75, 3.05) is 13.1 Å². The third kappa shape index (κ3) is 4.84. The van der Waals surface area contributed by atoms with Crippen molar-refractivity contribution in [1.29, 1.82) is 0 Å². The summed E-state index contributed by atoms with van der Waals surface area (Å²) in [7, 11) is -3.63. The molecule has 1 fully saturated rings. The third-order valence-corrected chi connectivity index (χ3v) is 7.38. The van der Waals surface area contributed by atoms with Gasteiger partial charge in [-0.25, -0.2) is 13.2 Å². The first-order valence-electron chi connectivity index (χ1n) is 10.3. The van der Waals surface area contributed by atoms with Crippen LogP contribution in [0.25, 0.3) is 0 Å². The second-order valence-corrected chi connectivity index (χ2v) is 10.2. The van der Waals surface area contributed by atoms with Gasteiger partial charge in [-0.05, 0) is 37.5 Å². The highest BCUT2D eigenvalue weighted by Gasteiger charge is 2.42. The van der Waals surface area contributed by atoms with Crippen molar-refractivity contribution >= 4 is 16.1 Å². The number of hydrogen-bond acceptors (Lipinski definition) is 4. The molecule has 0 spiro atoms. The zero-order chi connectivity index (χ0) is 21.9.